The number of carbonyl (C=O) groups is 1. The highest BCUT2D eigenvalue weighted by Gasteiger charge is 2.23. The van der Waals surface area contributed by atoms with Crippen molar-refractivity contribution in [2.24, 2.45) is 0 Å². The smallest absolute Gasteiger partial charge is 0.338 e. The summed E-state index contributed by atoms with van der Waals surface area (Å²) < 4.78 is 10.9. The molecule has 0 spiro atoms. The lowest BCUT2D eigenvalue weighted by atomic mass is 9.87. The van der Waals surface area contributed by atoms with E-state index in [1.807, 2.05) is 31.3 Å². The van der Waals surface area contributed by atoms with Gasteiger partial charge in [-0.25, -0.2) is 4.79 Å². The SMILES string of the molecule is COC(=O)c1ccncc1CC[C@@H]1CCOc2cc(N(C)c3ccc(C#N)cc3)ccc21. The van der Waals surface area contributed by atoms with Crippen molar-refractivity contribution in [2.45, 2.75) is 25.2 Å². The van der Waals surface area contributed by atoms with Crippen LogP contribution in [-0.4, -0.2) is 31.7 Å². The Balaban J connectivity index is 1.51. The van der Waals surface area contributed by atoms with Crippen LogP contribution >= 0.6 is 0 Å². The quantitative estimate of drug-likeness (QED) is 0.515. The summed E-state index contributed by atoms with van der Waals surface area (Å²) in [6.45, 7) is 0.665. The third-order valence-electron chi connectivity index (χ3n) is 6.00. The number of carbonyl (C=O) groups excluding carboxylic acids is 1. The molecule has 1 aliphatic rings. The molecule has 6 heteroatoms. The van der Waals surface area contributed by atoms with Gasteiger partial charge in [0.2, 0.25) is 0 Å². The zero-order valence-electron chi connectivity index (χ0n) is 18.2. The number of aromatic nitrogens is 1. The maximum Gasteiger partial charge on any atom is 0.338 e. The van der Waals surface area contributed by atoms with Gasteiger partial charge in [-0.1, -0.05) is 6.07 Å². The van der Waals surface area contributed by atoms with Crippen molar-refractivity contribution in [3.63, 3.8) is 0 Å². The molecule has 0 N–H and O–H groups in total. The van der Waals surface area contributed by atoms with Gasteiger partial charge in [0.05, 0.1) is 30.9 Å². The second kappa shape index (κ2) is 9.52. The molecule has 3 aromatic rings. The molecular weight excluding hydrogens is 402 g/mol. The second-order valence-corrected chi connectivity index (χ2v) is 7.84. The third kappa shape index (κ3) is 4.42. The van der Waals surface area contributed by atoms with Gasteiger partial charge < -0.3 is 14.4 Å². The Labute approximate surface area is 188 Å². The Kier molecular flexibility index (Phi) is 6.37. The van der Waals surface area contributed by atoms with Gasteiger partial charge in [-0.3, -0.25) is 4.98 Å². The van der Waals surface area contributed by atoms with Crippen LogP contribution in [0, 0.1) is 11.3 Å². The number of methoxy groups -OCH3 is 1. The van der Waals surface area contributed by atoms with Gasteiger partial charge in [0.1, 0.15) is 5.75 Å². The molecule has 1 atom stereocenters. The van der Waals surface area contributed by atoms with Crippen molar-refractivity contribution < 1.29 is 14.3 Å². The second-order valence-electron chi connectivity index (χ2n) is 7.84. The van der Waals surface area contributed by atoms with Crippen LogP contribution in [0.5, 0.6) is 5.75 Å². The number of aryl methyl sites for hydroxylation is 1. The summed E-state index contributed by atoms with van der Waals surface area (Å²) in [6, 6.07) is 17.7. The summed E-state index contributed by atoms with van der Waals surface area (Å²) in [7, 11) is 3.40. The van der Waals surface area contributed by atoms with Gasteiger partial charge >= 0.3 is 5.97 Å². The molecule has 0 bridgehead atoms. The fourth-order valence-electron chi connectivity index (χ4n) is 4.13. The van der Waals surface area contributed by atoms with Gasteiger partial charge in [-0.15, -0.1) is 0 Å². The topological polar surface area (TPSA) is 75.5 Å². The number of nitrogens with zero attached hydrogens (tertiary/aromatic N) is 3. The highest BCUT2D eigenvalue weighted by molar-refractivity contribution is 5.90. The number of hydrogen-bond donors (Lipinski definition) is 0. The average molecular weight is 428 g/mol. The van der Waals surface area contributed by atoms with E-state index in [1.54, 1.807) is 18.5 Å². The number of hydrogen-bond acceptors (Lipinski definition) is 6. The van der Waals surface area contributed by atoms with Crippen LogP contribution < -0.4 is 9.64 Å². The maximum atomic E-state index is 12.0. The number of anilines is 2. The summed E-state index contributed by atoms with van der Waals surface area (Å²) in [4.78, 5) is 18.3. The van der Waals surface area contributed by atoms with Crippen LogP contribution in [-0.2, 0) is 11.2 Å². The molecule has 2 heterocycles. The van der Waals surface area contributed by atoms with E-state index in [0.717, 1.165) is 42.0 Å². The number of benzene rings is 2. The Morgan fingerprint density at radius 3 is 2.75 bits per heavy atom. The van der Waals surface area contributed by atoms with Crippen LogP contribution in [0.4, 0.5) is 11.4 Å². The van der Waals surface area contributed by atoms with E-state index in [2.05, 4.69) is 34.2 Å². The number of pyridine rings is 1. The molecule has 32 heavy (non-hydrogen) atoms. The summed E-state index contributed by atoms with van der Waals surface area (Å²) in [6.07, 6.45) is 5.95. The molecule has 0 fully saturated rings. The minimum absolute atomic E-state index is 0.328. The van der Waals surface area contributed by atoms with Crippen LogP contribution in [0.3, 0.4) is 0 Å². The van der Waals surface area contributed by atoms with Crippen LogP contribution in [0.25, 0.3) is 0 Å². The van der Waals surface area contributed by atoms with Crippen molar-refractivity contribution in [3.8, 4) is 11.8 Å². The average Bonchev–Trinajstić information content (AvgIpc) is 2.86. The van der Waals surface area contributed by atoms with E-state index < -0.39 is 0 Å². The molecule has 4 rings (SSSR count). The van der Waals surface area contributed by atoms with Crippen molar-refractivity contribution in [1.82, 2.24) is 4.98 Å². The first-order valence-electron chi connectivity index (χ1n) is 10.6. The van der Waals surface area contributed by atoms with Gasteiger partial charge in [0.25, 0.3) is 0 Å². The Hall–Kier alpha value is -3.85. The van der Waals surface area contributed by atoms with Crippen molar-refractivity contribution in [2.75, 3.05) is 25.7 Å². The molecule has 0 amide bonds. The number of nitriles is 1. The van der Waals surface area contributed by atoms with Crippen LogP contribution in [0.15, 0.2) is 60.9 Å². The molecule has 0 radical (unpaired) electrons. The molecule has 162 valence electrons. The van der Waals surface area contributed by atoms with E-state index in [1.165, 1.54) is 12.7 Å². The van der Waals surface area contributed by atoms with Gasteiger partial charge in [-0.05, 0) is 72.7 Å². The fourth-order valence-corrected chi connectivity index (χ4v) is 4.13. The zero-order valence-corrected chi connectivity index (χ0v) is 18.2. The van der Waals surface area contributed by atoms with Gasteiger partial charge in [0.15, 0.2) is 0 Å². The minimum Gasteiger partial charge on any atom is -0.493 e. The van der Waals surface area contributed by atoms with E-state index in [9.17, 15) is 4.79 Å². The largest absolute Gasteiger partial charge is 0.493 e. The lowest BCUT2D eigenvalue weighted by Gasteiger charge is -2.28. The first-order chi connectivity index (χ1) is 15.6. The lowest BCUT2D eigenvalue weighted by molar-refractivity contribution is 0.0599. The molecule has 0 aliphatic carbocycles. The molecular formula is C26H25N3O3. The van der Waals surface area contributed by atoms with E-state index in [4.69, 9.17) is 14.7 Å². The molecule has 0 unspecified atom stereocenters. The first kappa shape index (κ1) is 21.4. The maximum absolute atomic E-state index is 12.0. The number of rotatable bonds is 6. The number of ether oxygens (including phenoxy) is 2. The molecule has 1 aliphatic heterocycles. The zero-order chi connectivity index (χ0) is 22.5. The molecule has 6 nitrogen and oxygen atoms in total. The monoisotopic (exact) mass is 427 g/mol. The Morgan fingerprint density at radius 1 is 1.22 bits per heavy atom. The predicted octanol–water partition coefficient (Wildman–Crippen LogP) is 5.01. The fraction of sp³-hybridized carbons (Fsp3) is 0.269. The Bertz CT molecular complexity index is 1150. The highest BCUT2D eigenvalue weighted by atomic mass is 16.5. The number of esters is 1. The van der Waals surface area contributed by atoms with Crippen molar-refractivity contribution in [3.05, 3.63) is 83.2 Å². The molecule has 1 aromatic heterocycles. The van der Waals surface area contributed by atoms with Crippen LogP contribution in [0.2, 0.25) is 0 Å². The standard InChI is InChI=1S/C26H25N3O3/c1-29(21-7-3-18(16-27)4-8-21)22-9-10-23-19(12-14-32-25(23)15-22)5-6-20-17-28-13-11-24(20)26(30)31-2/h3-4,7-11,13,15,17,19H,5-6,12,14H2,1-2H3/t19-/m1/s1. The van der Waals surface area contributed by atoms with Crippen molar-refractivity contribution >= 4 is 17.3 Å². The predicted molar refractivity (Wildman–Crippen MR) is 122 cm³/mol. The lowest BCUT2D eigenvalue weighted by Crippen LogP contribution is -2.17. The van der Waals surface area contributed by atoms with Gasteiger partial charge in [-0.2, -0.15) is 5.26 Å². The van der Waals surface area contributed by atoms with E-state index in [-0.39, 0.29) is 5.97 Å². The minimum atomic E-state index is -0.328. The van der Waals surface area contributed by atoms with E-state index >= 15 is 0 Å². The Morgan fingerprint density at radius 2 is 2.00 bits per heavy atom. The summed E-state index contributed by atoms with van der Waals surface area (Å²) in [5.41, 5.74) is 5.34. The van der Waals surface area contributed by atoms with Crippen molar-refractivity contribution in [1.29, 1.82) is 5.26 Å². The summed E-state index contributed by atoms with van der Waals surface area (Å²) in [5.74, 6) is 0.919. The molecule has 0 saturated heterocycles. The normalized spacial score (nSPS) is 14.6. The highest BCUT2D eigenvalue weighted by Crippen LogP contribution is 2.39. The summed E-state index contributed by atoms with van der Waals surface area (Å²) in [5, 5.41) is 9.01. The van der Waals surface area contributed by atoms with Crippen LogP contribution in [0.1, 0.15) is 45.8 Å². The molecule has 0 saturated carbocycles. The van der Waals surface area contributed by atoms with E-state index in [0.29, 0.717) is 23.7 Å². The van der Waals surface area contributed by atoms with Gasteiger partial charge in [0, 0.05) is 36.9 Å². The third-order valence-corrected chi connectivity index (χ3v) is 6.00. The number of fused-ring (bicyclic) bond motifs is 1. The first-order valence-corrected chi connectivity index (χ1v) is 10.6. The molecule has 2 aromatic carbocycles. The summed E-state index contributed by atoms with van der Waals surface area (Å²) >= 11 is 0.